The minimum absolute atomic E-state index is 0.107. The molecular weight excluding hydrogens is 576 g/mol. The normalized spacial score (nSPS) is 20.8. The minimum atomic E-state index is -0.805. The van der Waals surface area contributed by atoms with Crippen LogP contribution in [-0.4, -0.2) is 76.8 Å². The number of piperidine rings is 1. The van der Waals surface area contributed by atoms with Crippen LogP contribution in [0.3, 0.4) is 0 Å². The standard InChI is InChI=1S/C35H47F2N5O3/c1-6-39-21(2)33(44)40-32(35(3,4)5)34(45)41-20-27(43)18-26(41)19-29-28-12-11-24(37)17-30(28)42(25-13-15-38-16-14-25)31(29)22-7-9-23(36)10-8-22/h7-12,17,21,25-27,32,38-39,43H,6,13-16,18-20H2,1-5H3,(H,40,44)/t21-,26-,27-,32+/m0/s1. The highest BCUT2D eigenvalue weighted by Gasteiger charge is 2.43. The molecule has 3 aromatic rings. The number of likely N-dealkylation sites (N-methyl/N-ethyl adjacent to an activating group) is 1. The fraction of sp³-hybridized carbons (Fsp3) is 0.543. The summed E-state index contributed by atoms with van der Waals surface area (Å²) in [6, 6.07) is 9.67. The summed E-state index contributed by atoms with van der Waals surface area (Å²) in [6.07, 6.45) is 1.78. The van der Waals surface area contributed by atoms with E-state index >= 15 is 0 Å². The van der Waals surface area contributed by atoms with Crippen LogP contribution in [0.2, 0.25) is 0 Å². The van der Waals surface area contributed by atoms with Gasteiger partial charge in [0, 0.05) is 24.0 Å². The number of benzene rings is 2. The van der Waals surface area contributed by atoms with Gasteiger partial charge in [-0.2, -0.15) is 0 Å². The number of likely N-dealkylation sites (tertiary alicyclic amines) is 1. The predicted molar refractivity (Wildman–Crippen MR) is 173 cm³/mol. The van der Waals surface area contributed by atoms with Crippen molar-refractivity contribution >= 4 is 22.7 Å². The lowest BCUT2D eigenvalue weighted by Gasteiger charge is -2.36. The third-order valence-corrected chi connectivity index (χ3v) is 9.28. The van der Waals surface area contributed by atoms with E-state index in [0.717, 1.165) is 53.7 Å². The van der Waals surface area contributed by atoms with Gasteiger partial charge in [0.25, 0.3) is 0 Å². The SMILES string of the molecule is CCN[C@@H](C)C(=O)N[C@H](C(=O)N1C[C@@H](O)C[C@H]1Cc1c(-c2ccc(F)cc2)n(C2CCNCC2)c2cc(F)ccc12)C(C)(C)C. The first-order valence-electron chi connectivity index (χ1n) is 16.2. The number of carbonyl (C=O) groups excluding carboxylic acids is 2. The predicted octanol–water partition coefficient (Wildman–Crippen LogP) is 4.54. The van der Waals surface area contributed by atoms with Crippen molar-refractivity contribution in [3.63, 3.8) is 0 Å². The van der Waals surface area contributed by atoms with Crippen LogP contribution in [0.25, 0.3) is 22.2 Å². The average molecular weight is 624 g/mol. The van der Waals surface area contributed by atoms with Crippen LogP contribution in [0.4, 0.5) is 8.78 Å². The topological polar surface area (TPSA) is 98.6 Å². The number of carbonyl (C=O) groups is 2. The summed E-state index contributed by atoms with van der Waals surface area (Å²) in [7, 11) is 0. The van der Waals surface area contributed by atoms with Crippen molar-refractivity contribution < 1.29 is 23.5 Å². The fourth-order valence-electron chi connectivity index (χ4n) is 7.00. The molecule has 3 heterocycles. The molecule has 2 aliphatic rings. The summed E-state index contributed by atoms with van der Waals surface area (Å²) in [5, 5.41) is 21.3. The van der Waals surface area contributed by atoms with Crippen molar-refractivity contribution in [1.82, 2.24) is 25.4 Å². The minimum Gasteiger partial charge on any atom is -0.391 e. The number of fused-ring (bicyclic) bond motifs is 1. The van der Waals surface area contributed by atoms with Gasteiger partial charge in [-0.3, -0.25) is 9.59 Å². The van der Waals surface area contributed by atoms with Gasteiger partial charge in [0.1, 0.15) is 17.7 Å². The molecule has 1 aromatic heterocycles. The van der Waals surface area contributed by atoms with Gasteiger partial charge in [-0.15, -0.1) is 0 Å². The van der Waals surface area contributed by atoms with Crippen LogP contribution >= 0.6 is 0 Å². The van der Waals surface area contributed by atoms with Gasteiger partial charge in [0.05, 0.1) is 23.4 Å². The van der Waals surface area contributed by atoms with Crippen LogP contribution < -0.4 is 16.0 Å². The number of aliphatic hydroxyl groups is 1. The van der Waals surface area contributed by atoms with E-state index in [2.05, 4.69) is 20.5 Å². The number of halogens is 2. The van der Waals surface area contributed by atoms with Crippen LogP contribution in [0.15, 0.2) is 42.5 Å². The molecule has 0 saturated carbocycles. The van der Waals surface area contributed by atoms with E-state index in [1.807, 2.05) is 27.7 Å². The Bertz CT molecular complexity index is 1510. The summed E-state index contributed by atoms with van der Waals surface area (Å²) in [5.41, 5.74) is 2.82. The largest absolute Gasteiger partial charge is 0.391 e. The Morgan fingerprint density at radius 2 is 1.73 bits per heavy atom. The summed E-state index contributed by atoms with van der Waals surface area (Å²) in [5.74, 6) is -1.18. The smallest absolute Gasteiger partial charge is 0.246 e. The zero-order valence-corrected chi connectivity index (χ0v) is 27.0. The summed E-state index contributed by atoms with van der Waals surface area (Å²) < 4.78 is 31.1. The molecule has 2 aromatic carbocycles. The van der Waals surface area contributed by atoms with Crippen molar-refractivity contribution in [2.24, 2.45) is 5.41 Å². The molecule has 10 heteroatoms. The van der Waals surface area contributed by atoms with Gasteiger partial charge in [0.15, 0.2) is 0 Å². The van der Waals surface area contributed by atoms with Gasteiger partial charge in [0.2, 0.25) is 11.8 Å². The molecule has 244 valence electrons. The van der Waals surface area contributed by atoms with E-state index in [0.29, 0.717) is 19.4 Å². The second kappa shape index (κ2) is 13.6. The quantitative estimate of drug-likeness (QED) is 0.281. The van der Waals surface area contributed by atoms with Crippen LogP contribution in [0.5, 0.6) is 0 Å². The Balaban J connectivity index is 1.58. The van der Waals surface area contributed by atoms with Gasteiger partial charge >= 0.3 is 0 Å². The van der Waals surface area contributed by atoms with E-state index in [1.54, 1.807) is 36.1 Å². The van der Waals surface area contributed by atoms with E-state index in [-0.39, 0.29) is 42.1 Å². The van der Waals surface area contributed by atoms with Crippen molar-refractivity contribution in [2.75, 3.05) is 26.2 Å². The first-order chi connectivity index (χ1) is 21.4. The molecule has 0 aliphatic carbocycles. The molecule has 0 spiro atoms. The van der Waals surface area contributed by atoms with Crippen LogP contribution in [-0.2, 0) is 16.0 Å². The van der Waals surface area contributed by atoms with E-state index in [9.17, 15) is 23.5 Å². The number of β-amino-alcohol motifs (C(OH)–C–C–N with tert-alkyl or cyclic N) is 1. The average Bonchev–Trinajstić information content (AvgIpc) is 3.52. The molecule has 0 unspecified atom stereocenters. The third-order valence-electron chi connectivity index (χ3n) is 9.28. The van der Waals surface area contributed by atoms with Gasteiger partial charge < -0.3 is 30.5 Å². The molecule has 2 amide bonds. The molecule has 5 rings (SSSR count). The molecule has 2 aliphatic heterocycles. The Morgan fingerprint density at radius 3 is 2.38 bits per heavy atom. The van der Waals surface area contributed by atoms with E-state index in [4.69, 9.17) is 0 Å². The zero-order valence-electron chi connectivity index (χ0n) is 27.0. The number of amides is 2. The Labute approximate surface area is 264 Å². The first kappa shape index (κ1) is 33.0. The van der Waals surface area contributed by atoms with Crippen molar-refractivity contribution in [1.29, 1.82) is 0 Å². The molecule has 4 N–H and O–H groups in total. The van der Waals surface area contributed by atoms with Gasteiger partial charge in [-0.05, 0) is 111 Å². The zero-order chi connectivity index (χ0) is 32.5. The molecule has 8 nitrogen and oxygen atoms in total. The summed E-state index contributed by atoms with van der Waals surface area (Å²) in [6.45, 7) is 11.9. The first-order valence-corrected chi connectivity index (χ1v) is 16.2. The maximum absolute atomic E-state index is 14.8. The lowest BCUT2D eigenvalue weighted by molar-refractivity contribution is -0.140. The number of aromatic nitrogens is 1. The Morgan fingerprint density at radius 1 is 1.07 bits per heavy atom. The maximum Gasteiger partial charge on any atom is 0.246 e. The van der Waals surface area contributed by atoms with E-state index in [1.165, 1.54) is 18.2 Å². The van der Waals surface area contributed by atoms with E-state index < -0.39 is 23.6 Å². The second-order valence-electron chi connectivity index (χ2n) is 13.7. The molecule has 2 fully saturated rings. The molecule has 2 saturated heterocycles. The van der Waals surface area contributed by atoms with Crippen molar-refractivity contribution in [2.45, 2.75) is 90.6 Å². The Hall–Kier alpha value is -3.34. The van der Waals surface area contributed by atoms with Crippen molar-refractivity contribution in [3.05, 3.63) is 59.7 Å². The van der Waals surface area contributed by atoms with Crippen LogP contribution in [0.1, 0.15) is 65.5 Å². The number of aliphatic hydroxyl groups excluding tert-OH is 1. The fourth-order valence-corrected chi connectivity index (χ4v) is 7.00. The van der Waals surface area contributed by atoms with Gasteiger partial charge in [-0.1, -0.05) is 27.7 Å². The lowest BCUT2D eigenvalue weighted by Crippen LogP contribution is -2.58. The third kappa shape index (κ3) is 7.08. The lowest BCUT2D eigenvalue weighted by atomic mass is 9.85. The number of nitrogens with zero attached hydrogens (tertiary/aromatic N) is 2. The summed E-state index contributed by atoms with van der Waals surface area (Å²) in [4.78, 5) is 29.0. The summed E-state index contributed by atoms with van der Waals surface area (Å²) >= 11 is 0. The molecular formula is C35H47F2N5O3. The van der Waals surface area contributed by atoms with Crippen LogP contribution in [0, 0.1) is 17.0 Å². The Kier molecular flexibility index (Phi) is 9.96. The van der Waals surface area contributed by atoms with Gasteiger partial charge in [-0.25, -0.2) is 8.78 Å². The number of nitrogens with one attached hydrogen (secondary N) is 3. The molecule has 4 atom stereocenters. The molecule has 0 radical (unpaired) electrons. The maximum atomic E-state index is 14.8. The highest BCUT2D eigenvalue weighted by molar-refractivity contribution is 5.93. The number of hydrogen-bond donors (Lipinski definition) is 4. The van der Waals surface area contributed by atoms with Crippen molar-refractivity contribution in [3.8, 4) is 11.3 Å². The number of rotatable bonds is 9. The monoisotopic (exact) mass is 623 g/mol. The molecule has 45 heavy (non-hydrogen) atoms. The number of hydrogen-bond acceptors (Lipinski definition) is 5. The second-order valence-corrected chi connectivity index (χ2v) is 13.7. The molecule has 0 bridgehead atoms. The highest BCUT2D eigenvalue weighted by atomic mass is 19.1. The highest BCUT2D eigenvalue weighted by Crippen LogP contribution is 2.41.